The molecule has 0 fully saturated rings. The molecule has 0 bridgehead atoms. The first-order valence-corrected chi connectivity index (χ1v) is 7.85. The van der Waals surface area contributed by atoms with E-state index in [2.05, 4.69) is 26.7 Å². The second kappa shape index (κ2) is 12.1. The molecule has 0 aliphatic carbocycles. The number of halogens is 1. The van der Waals surface area contributed by atoms with Gasteiger partial charge in [0.05, 0.1) is 19.0 Å². The lowest BCUT2D eigenvalue weighted by atomic mass is 10.1. The number of esters is 1. The standard InChI is InChI=1S/C15H25BrO4/c1-5-19-15(10-16)20-11-13(3)8-6-7-12(2)9-14(17)18-4/h8-9,15H,5-7,10-11H2,1-4H3/b12-9+,13-8+. The van der Waals surface area contributed by atoms with Gasteiger partial charge in [-0.3, -0.25) is 0 Å². The Hall–Kier alpha value is -0.650. The van der Waals surface area contributed by atoms with Crippen LogP contribution in [-0.2, 0) is 19.0 Å². The number of carbonyl (C=O) groups excluding carboxylic acids is 1. The number of methoxy groups -OCH3 is 1. The van der Waals surface area contributed by atoms with Crippen molar-refractivity contribution in [2.45, 2.75) is 39.9 Å². The molecule has 1 atom stereocenters. The zero-order valence-corrected chi connectivity index (χ0v) is 14.4. The predicted octanol–water partition coefficient (Wildman–Crippen LogP) is 3.61. The van der Waals surface area contributed by atoms with Gasteiger partial charge in [-0.25, -0.2) is 4.79 Å². The SMILES string of the molecule is CCOC(CBr)OC/C(C)=C/CC/C(C)=C/C(=O)OC. The van der Waals surface area contributed by atoms with Crippen LogP contribution in [0.5, 0.6) is 0 Å². The van der Waals surface area contributed by atoms with Crippen molar-refractivity contribution >= 4 is 21.9 Å². The van der Waals surface area contributed by atoms with E-state index in [-0.39, 0.29) is 12.3 Å². The topological polar surface area (TPSA) is 44.8 Å². The van der Waals surface area contributed by atoms with Gasteiger partial charge in [0.25, 0.3) is 0 Å². The number of alkyl halides is 1. The summed E-state index contributed by atoms with van der Waals surface area (Å²) in [5.41, 5.74) is 2.16. The summed E-state index contributed by atoms with van der Waals surface area (Å²) in [6.07, 6.45) is 5.15. The third-order valence-electron chi connectivity index (χ3n) is 2.57. The lowest BCUT2D eigenvalue weighted by molar-refractivity contribution is -0.134. The van der Waals surface area contributed by atoms with Crippen LogP contribution in [0.25, 0.3) is 0 Å². The molecule has 116 valence electrons. The smallest absolute Gasteiger partial charge is 0.330 e. The average molecular weight is 349 g/mol. The van der Waals surface area contributed by atoms with Crippen molar-refractivity contribution in [3.05, 3.63) is 23.3 Å². The molecule has 0 aromatic carbocycles. The highest BCUT2D eigenvalue weighted by atomic mass is 79.9. The molecule has 0 aliphatic rings. The quantitative estimate of drug-likeness (QED) is 0.199. The third kappa shape index (κ3) is 10.2. The van der Waals surface area contributed by atoms with Gasteiger partial charge < -0.3 is 14.2 Å². The van der Waals surface area contributed by atoms with E-state index < -0.39 is 0 Å². The molecule has 0 heterocycles. The Morgan fingerprint density at radius 3 is 2.50 bits per heavy atom. The summed E-state index contributed by atoms with van der Waals surface area (Å²) in [5, 5.41) is 0.662. The Morgan fingerprint density at radius 2 is 1.95 bits per heavy atom. The number of carbonyl (C=O) groups is 1. The molecule has 0 amide bonds. The van der Waals surface area contributed by atoms with Crippen molar-refractivity contribution in [3.63, 3.8) is 0 Å². The first-order chi connectivity index (χ1) is 9.53. The zero-order chi connectivity index (χ0) is 15.4. The maximum absolute atomic E-state index is 11.0. The highest BCUT2D eigenvalue weighted by molar-refractivity contribution is 9.09. The van der Waals surface area contributed by atoms with Crippen molar-refractivity contribution in [1.82, 2.24) is 0 Å². The van der Waals surface area contributed by atoms with E-state index >= 15 is 0 Å². The summed E-state index contributed by atoms with van der Waals surface area (Å²) < 4.78 is 15.6. The highest BCUT2D eigenvalue weighted by Crippen LogP contribution is 2.08. The number of hydrogen-bond acceptors (Lipinski definition) is 4. The molecule has 20 heavy (non-hydrogen) atoms. The van der Waals surface area contributed by atoms with Crippen LogP contribution in [0, 0.1) is 0 Å². The van der Waals surface area contributed by atoms with Gasteiger partial charge in [-0.15, -0.1) is 0 Å². The van der Waals surface area contributed by atoms with Gasteiger partial charge in [0.2, 0.25) is 0 Å². The van der Waals surface area contributed by atoms with E-state index in [1.807, 2.05) is 20.8 Å². The van der Waals surface area contributed by atoms with Gasteiger partial charge >= 0.3 is 5.97 Å². The zero-order valence-electron chi connectivity index (χ0n) is 12.8. The lowest BCUT2D eigenvalue weighted by Gasteiger charge is -2.15. The number of allylic oxidation sites excluding steroid dienone is 2. The number of ether oxygens (including phenoxy) is 3. The van der Waals surface area contributed by atoms with E-state index in [1.165, 1.54) is 13.2 Å². The average Bonchev–Trinajstić information content (AvgIpc) is 2.43. The normalized spacial score (nSPS) is 14.2. The second-order valence-electron chi connectivity index (χ2n) is 4.45. The molecule has 0 spiro atoms. The van der Waals surface area contributed by atoms with Gasteiger partial charge in [0, 0.05) is 12.7 Å². The first-order valence-electron chi connectivity index (χ1n) is 6.73. The molecule has 0 radical (unpaired) electrons. The Morgan fingerprint density at radius 1 is 1.25 bits per heavy atom. The van der Waals surface area contributed by atoms with Gasteiger partial charge in [0.1, 0.15) is 0 Å². The monoisotopic (exact) mass is 348 g/mol. The van der Waals surface area contributed by atoms with Gasteiger partial charge in [0.15, 0.2) is 6.29 Å². The van der Waals surface area contributed by atoms with Crippen LogP contribution in [0.4, 0.5) is 0 Å². The highest BCUT2D eigenvalue weighted by Gasteiger charge is 2.06. The Bertz CT molecular complexity index is 337. The summed E-state index contributed by atoms with van der Waals surface area (Å²) in [6.45, 7) is 7.08. The van der Waals surface area contributed by atoms with Crippen molar-refractivity contribution in [1.29, 1.82) is 0 Å². The Labute approximate surface area is 130 Å². The third-order valence-corrected chi connectivity index (χ3v) is 3.10. The lowest BCUT2D eigenvalue weighted by Crippen LogP contribution is -2.19. The van der Waals surface area contributed by atoms with Crippen LogP contribution in [0.1, 0.15) is 33.6 Å². The molecule has 4 nitrogen and oxygen atoms in total. The Balaban J connectivity index is 4.02. The Kier molecular flexibility index (Phi) is 11.7. The molecule has 0 aromatic heterocycles. The van der Waals surface area contributed by atoms with Crippen LogP contribution in [-0.4, -0.2) is 37.9 Å². The van der Waals surface area contributed by atoms with E-state index in [0.717, 1.165) is 24.0 Å². The molecule has 0 rings (SSSR count). The minimum atomic E-state index is -0.302. The minimum Gasteiger partial charge on any atom is -0.466 e. The maximum atomic E-state index is 11.0. The van der Waals surface area contributed by atoms with Crippen LogP contribution in [0.3, 0.4) is 0 Å². The van der Waals surface area contributed by atoms with Crippen LogP contribution in [0.15, 0.2) is 23.3 Å². The fourth-order valence-electron chi connectivity index (χ4n) is 1.48. The van der Waals surface area contributed by atoms with Crippen LogP contribution in [0.2, 0.25) is 0 Å². The number of rotatable bonds is 10. The van der Waals surface area contributed by atoms with Gasteiger partial charge in [-0.2, -0.15) is 0 Å². The van der Waals surface area contributed by atoms with Crippen LogP contribution >= 0.6 is 15.9 Å². The van der Waals surface area contributed by atoms with E-state index in [1.54, 1.807) is 0 Å². The summed E-state index contributed by atoms with van der Waals surface area (Å²) >= 11 is 3.35. The first kappa shape index (κ1) is 19.4. The van der Waals surface area contributed by atoms with Crippen LogP contribution < -0.4 is 0 Å². The van der Waals surface area contributed by atoms with E-state index in [4.69, 9.17) is 9.47 Å². The van der Waals surface area contributed by atoms with Crippen molar-refractivity contribution < 1.29 is 19.0 Å². The summed E-state index contributed by atoms with van der Waals surface area (Å²) in [4.78, 5) is 11.0. The predicted molar refractivity (Wildman–Crippen MR) is 83.9 cm³/mol. The van der Waals surface area contributed by atoms with Crippen molar-refractivity contribution in [3.8, 4) is 0 Å². The summed E-state index contributed by atoms with van der Waals surface area (Å²) in [6, 6.07) is 0. The van der Waals surface area contributed by atoms with E-state index in [0.29, 0.717) is 18.5 Å². The molecule has 5 heteroatoms. The number of hydrogen-bond donors (Lipinski definition) is 0. The van der Waals surface area contributed by atoms with Gasteiger partial charge in [-0.1, -0.05) is 33.2 Å². The molecule has 0 saturated heterocycles. The fraction of sp³-hybridized carbons (Fsp3) is 0.667. The van der Waals surface area contributed by atoms with Crippen molar-refractivity contribution in [2.75, 3.05) is 25.7 Å². The second-order valence-corrected chi connectivity index (χ2v) is 5.10. The molecule has 0 aliphatic heterocycles. The molecular formula is C15H25BrO4. The largest absolute Gasteiger partial charge is 0.466 e. The summed E-state index contributed by atoms with van der Waals surface area (Å²) in [5.74, 6) is -0.302. The molecule has 0 N–H and O–H groups in total. The molecule has 0 saturated carbocycles. The fourth-order valence-corrected chi connectivity index (χ4v) is 1.86. The molecule has 0 aromatic rings. The molecule has 1 unspecified atom stereocenters. The van der Waals surface area contributed by atoms with Gasteiger partial charge in [-0.05, 0) is 33.6 Å². The molecular weight excluding hydrogens is 324 g/mol. The summed E-state index contributed by atoms with van der Waals surface area (Å²) in [7, 11) is 1.38. The van der Waals surface area contributed by atoms with E-state index in [9.17, 15) is 4.79 Å². The maximum Gasteiger partial charge on any atom is 0.330 e. The minimum absolute atomic E-state index is 0.204. The van der Waals surface area contributed by atoms with Crippen molar-refractivity contribution in [2.24, 2.45) is 0 Å².